The second-order valence-corrected chi connectivity index (χ2v) is 7.89. The number of ether oxygens (including phenoxy) is 1. The lowest BCUT2D eigenvalue weighted by Gasteiger charge is -2.33. The van der Waals surface area contributed by atoms with Crippen LogP contribution in [0.15, 0.2) is 10.4 Å². The zero-order valence-corrected chi connectivity index (χ0v) is 12.0. The maximum atomic E-state index is 11.2. The van der Waals surface area contributed by atoms with E-state index >= 15 is 0 Å². The van der Waals surface area contributed by atoms with Crippen LogP contribution in [-0.4, -0.2) is 32.2 Å². The Balaban J connectivity index is 1.72. The average molecular weight is 303 g/mol. The number of hydrogen-bond acceptors (Lipinski definition) is 6. The summed E-state index contributed by atoms with van der Waals surface area (Å²) in [5, 5.41) is 9.06. The number of hydrogen-bond donors (Lipinski definition) is 2. The van der Waals surface area contributed by atoms with Gasteiger partial charge >= 0.3 is 0 Å². The first-order chi connectivity index (χ1) is 9.04. The van der Waals surface area contributed by atoms with Gasteiger partial charge in [0.2, 0.25) is 10.0 Å². The van der Waals surface area contributed by atoms with Crippen LogP contribution >= 0.6 is 11.3 Å². The smallest absolute Gasteiger partial charge is 0.249 e. The molecular weight excluding hydrogens is 286 g/mol. The minimum absolute atomic E-state index is 0.102. The van der Waals surface area contributed by atoms with Gasteiger partial charge in [0.05, 0.1) is 12.3 Å². The SMILES string of the molecule is NS(=O)(=O)c1cnc(NC2CCCC3OCCC23)s1. The Hall–Kier alpha value is -0.700. The second kappa shape index (κ2) is 5.01. The first kappa shape index (κ1) is 13.3. The van der Waals surface area contributed by atoms with Gasteiger partial charge in [0.15, 0.2) is 9.34 Å². The van der Waals surface area contributed by atoms with E-state index in [-0.39, 0.29) is 4.21 Å². The molecule has 1 aliphatic carbocycles. The molecule has 19 heavy (non-hydrogen) atoms. The van der Waals surface area contributed by atoms with Crippen molar-refractivity contribution in [3.8, 4) is 0 Å². The van der Waals surface area contributed by atoms with Gasteiger partial charge in [-0.1, -0.05) is 11.3 Å². The Morgan fingerprint density at radius 2 is 2.26 bits per heavy atom. The lowest BCUT2D eigenvalue weighted by molar-refractivity contribution is 0.0620. The summed E-state index contributed by atoms with van der Waals surface area (Å²) in [7, 11) is -3.65. The first-order valence-corrected chi connectivity index (χ1v) is 8.77. The van der Waals surface area contributed by atoms with Crippen molar-refractivity contribution in [3.05, 3.63) is 6.20 Å². The molecule has 1 aliphatic heterocycles. The number of nitrogens with zero attached hydrogens (tertiary/aromatic N) is 1. The fourth-order valence-corrected chi connectivity index (χ4v) is 4.48. The highest BCUT2D eigenvalue weighted by atomic mass is 32.2. The lowest BCUT2D eigenvalue weighted by atomic mass is 9.82. The van der Waals surface area contributed by atoms with E-state index < -0.39 is 10.0 Å². The van der Waals surface area contributed by atoms with Gasteiger partial charge in [-0.05, 0) is 25.7 Å². The highest BCUT2D eigenvalue weighted by Crippen LogP contribution is 2.36. The van der Waals surface area contributed by atoms with Crippen molar-refractivity contribution in [2.45, 2.75) is 42.0 Å². The van der Waals surface area contributed by atoms with E-state index in [4.69, 9.17) is 9.88 Å². The van der Waals surface area contributed by atoms with Crippen LogP contribution in [0.25, 0.3) is 0 Å². The largest absolute Gasteiger partial charge is 0.378 e. The predicted octanol–water partition coefficient (Wildman–Crippen LogP) is 1.16. The molecule has 0 bridgehead atoms. The van der Waals surface area contributed by atoms with Crippen LogP contribution < -0.4 is 10.5 Å². The Labute approximate surface area is 116 Å². The van der Waals surface area contributed by atoms with Gasteiger partial charge in [0.1, 0.15) is 0 Å². The Kier molecular flexibility index (Phi) is 3.50. The number of sulfonamides is 1. The molecule has 2 aliphatic rings. The van der Waals surface area contributed by atoms with Crippen LogP contribution in [0.1, 0.15) is 25.7 Å². The van der Waals surface area contributed by atoms with Crippen molar-refractivity contribution < 1.29 is 13.2 Å². The molecule has 1 saturated heterocycles. The highest BCUT2D eigenvalue weighted by molar-refractivity contribution is 7.91. The van der Waals surface area contributed by atoms with Gasteiger partial charge in [-0.15, -0.1) is 0 Å². The minimum atomic E-state index is -3.65. The summed E-state index contributed by atoms with van der Waals surface area (Å²) in [5.41, 5.74) is 0. The molecule has 3 rings (SSSR count). The van der Waals surface area contributed by atoms with Crippen LogP contribution in [0.5, 0.6) is 0 Å². The molecule has 3 N–H and O–H groups in total. The van der Waals surface area contributed by atoms with E-state index in [9.17, 15) is 8.42 Å². The summed E-state index contributed by atoms with van der Waals surface area (Å²) < 4.78 is 28.3. The summed E-state index contributed by atoms with van der Waals surface area (Å²) >= 11 is 1.09. The van der Waals surface area contributed by atoms with Crippen molar-refractivity contribution in [1.29, 1.82) is 0 Å². The highest BCUT2D eigenvalue weighted by Gasteiger charge is 2.37. The van der Waals surface area contributed by atoms with Crippen molar-refractivity contribution in [2.75, 3.05) is 11.9 Å². The van der Waals surface area contributed by atoms with Crippen LogP contribution in [-0.2, 0) is 14.8 Å². The summed E-state index contributed by atoms with van der Waals surface area (Å²) in [4.78, 5) is 4.10. The van der Waals surface area contributed by atoms with E-state index in [2.05, 4.69) is 10.3 Å². The molecule has 8 heteroatoms. The number of aromatic nitrogens is 1. The van der Waals surface area contributed by atoms with Gasteiger partial charge < -0.3 is 10.1 Å². The number of primary sulfonamides is 1. The number of rotatable bonds is 3. The Morgan fingerprint density at radius 1 is 1.42 bits per heavy atom. The third-order valence-electron chi connectivity index (χ3n) is 3.86. The Bertz CT molecular complexity index is 557. The summed E-state index contributed by atoms with van der Waals surface area (Å²) in [5.74, 6) is 0.510. The zero-order chi connectivity index (χ0) is 13.5. The molecule has 106 valence electrons. The quantitative estimate of drug-likeness (QED) is 0.874. The van der Waals surface area contributed by atoms with Gasteiger partial charge in [0.25, 0.3) is 0 Å². The molecule has 2 fully saturated rings. The minimum Gasteiger partial charge on any atom is -0.378 e. The van der Waals surface area contributed by atoms with E-state index in [1.54, 1.807) is 0 Å². The molecule has 0 amide bonds. The maximum Gasteiger partial charge on any atom is 0.249 e. The summed E-state index contributed by atoms with van der Waals surface area (Å²) in [6, 6.07) is 0.320. The summed E-state index contributed by atoms with van der Waals surface area (Å²) in [6.45, 7) is 0.827. The van der Waals surface area contributed by atoms with Crippen molar-refractivity contribution in [1.82, 2.24) is 4.98 Å². The first-order valence-electron chi connectivity index (χ1n) is 6.41. The van der Waals surface area contributed by atoms with E-state index in [0.29, 0.717) is 23.2 Å². The zero-order valence-electron chi connectivity index (χ0n) is 10.4. The summed E-state index contributed by atoms with van der Waals surface area (Å²) in [6.07, 6.45) is 6.07. The fraction of sp³-hybridized carbons (Fsp3) is 0.727. The normalized spacial score (nSPS) is 31.1. The Morgan fingerprint density at radius 3 is 3.00 bits per heavy atom. The number of anilines is 1. The fourth-order valence-electron chi connectivity index (χ4n) is 2.97. The molecular formula is C11H17N3O3S2. The van der Waals surface area contributed by atoms with Crippen LogP contribution in [0.2, 0.25) is 0 Å². The average Bonchev–Trinajstić information content (AvgIpc) is 2.96. The monoisotopic (exact) mass is 303 g/mol. The van der Waals surface area contributed by atoms with Gasteiger partial charge in [-0.3, -0.25) is 0 Å². The maximum absolute atomic E-state index is 11.2. The third kappa shape index (κ3) is 2.76. The second-order valence-electron chi connectivity index (χ2n) is 5.07. The van der Waals surface area contributed by atoms with Crippen molar-refractivity contribution >= 4 is 26.5 Å². The number of fused-ring (bicyclic) bond motifs is 1. The molecule has 0 radical (unpaired) electrons. The predicted molar refractivity (Wildman–Crippen MR) is 72.6 cm³/mol. The van der Waals surface area contributed by atoms with Gasteiger partial charge in [-0.25, -0.2) is 18.5 Å². The molecule has 6 nitrogen and oxygen atoms in total. The van der Waals surface area contributed by atoms with E-state index in [1.165, 1.54) is 6.20 Å². The van der Waals surface area contributed by atoms with E-state index in [0.717, 1.165) is 43.6 Å². The van der Waals surface area contributed by atoms with E-state index in [1.807, 2.05) is 0 Å². The lowest BCUT2D eigenvalue weighted by Crippen LogP contribution is -2.38. The molecule has 0 aromatic carbocycles. The van der Waals surface area contributed by atoms with Crippen molar-refractivity contribution in [3.63, 3.8) is 0 Å². The standard InChI is InChI=1S/C11H17N3O3S2/c12-19(15,16)10-6-13-11(18-10)14-8-2-1-3-9-7(8)4-5-17-9/h6-9H,1-5H2,(H,13,14)(H2,12,15,16). The van der Waals surface area contributed by atoms with Crippen LogP contribution in [0, 0.1) is 5.92 Å². The molecule has 1 saturated carbocycles. The van der Waals surface area contributed by atoms with Gasteiger partial charge in [0, 0.05) is 18.6 Å². The number of thiazole rings is 1. The molecule has 3 atom stereocenters. The molecule has 0 spiro atoms. The van der Waals surface area contributed by atoms with Crippen LogP contribution in [0.4, 0.5) is 5.13 Å². The molecule has 1 aromatic heterocycles. The topological polar surface area (TPSA) is 94.3 Å². The number of nitrogens with two attached hydrogens (primary N) is 1. The molecule has 1 aromatic rings. The number of nitrogens with one attached hydrogen (secondary N) is 1. The van der Waals surface area contributed by atoms with Crippen molar-refractivity contribution in [2.24, 2.45) is 11.1 Å². The molecule has 2 heterocycles. The molecule has 3 unspecified atom stereocenters. The third-order valence-corrected chi connectivity index (χ3v) is 6.19. The van der Waals surface area contributed by atoms with Gasteiger partial charge in [-0.2, -0.15) is 0 Å². The van der Waals surface area contributed by atoms with Crippen LogP contribution in [0.3, 0.4) is 0 Å².